The maximum Gasteiger partial charge on any atom is 0.261 e. The van der Waals surface area contributed by atoms with Gasteiger partial charge < -0.3 is 19.1 Å². The predicted octanol–water partition coefficient (Wildman–Crippen LogP) is 5.29. The van der Waals surface area contributed by atoms with E-state index in [1.165, 1.54) is 11.1 Å². The number of carbonyl (C=O) groups is 2. The Morgan fingerprint density at radius 1 is 0.972 bits per heavy atom. The standard InChI is InChI=1S/C30H39N3O3/c1-5-6-17-32(21-27-14-11-18-31(27)20-26-13-10-12-25(4)19-26)29(34)22-33(24(2)3)30(35)23-36-28-15-8-7-9-16-28/h7-16,18-19,24H,5-6,17,20-23H2,1-4H3. The number of hydrogen-bond acceptors (Lipinski definition) is 3. The Morgan fingerprint density at radius 3 is 2.44 bits per heavy atom. The van der Waals surface area contributed by atoms with Gasteiger partial charge in [-0.1, -0.05) is 61.4 Å². The molecule has 3 aromatic rings. The molecule has 0 spiro atoms. The monoisotopic (exact) mass is 489 g/mol. The summed E-state index contributed by atoms with van der Waals surface area (Å²) >= 11 is 0. The zero-order chi connectivity index (χ0) is 25.9. The zero-order valence-corrected chi connectivity index (χ0v) is 22.0. The van der Waals surface area contributed by atoms with Gasteiger partial charge in [-0.15, -0.1) is 0 Å². The third-order valence-electron chi connectivity index (χ3n) is 6.20. The van der Waals surface area contributed by atoms with Crippen molar-refractivity contribution in [2.24, 2.45) is 0 Å². The molecule has 6 heteroatoms. The van der Waals surface area contributed by atoms with E-state index in [2.05, 4.69) is 54.9 Å². The van der Waals surface area contributed by atoms with Gasteiger partial charge in [0.15, 0.2) is 6.61 Å². The topological polar surface area (TPSA) is 54.8 Å². The first kappa shape index (κ1) is 27.1. The van der Waals surface area contributed by atoms with E-state index in [4.69, 9.17) is 4.74 Å². The fourth-order valence-electron chi connectivity index (χ4n) is 4.14. The number of aryl methyl sites for hydroxylation is 1. The van der Waals surface area contributed by atoms with Gasteiger partial charge in [-0.25, -0.2) is 0 Å². The van der Waals surface area contributed by atoms with E-state index in [-0.39, 0.29) is 31.0 Å². The van der Waals surface area contributed by atoms with E-state index in [0.29, 0.717) is 18.8 Å². The second kappa shape index (κ2) is 13.5. The molecule has 6 nitrogen and oxygen atoms in total. The molecule has 2 aromatic carbocycles. The van der Waals surface area contributed by atoms with Gasteiger partial charge in [0.2, 0.25) is 5.91 Å². The van der Waals surface area contributed by atoms with E-state index in [1.807, 2.05) is 55.1 Å². The molecule has 0 bridgehead atoms. The molecule has 3 rings (SSSR count). The van der Waals surface area contributed by atoms with Crippen molar-refractivity contribution in [2.45, 2.75) is 59.7 Å². The smallest absolute Gasteiger partial charge is 0.261 e. The van der Waals surface area contributed by atoms with Gasteiger partial charge in [0.1, 0.15) is 12.3 Å². The molecule has 1 aromatic heterocycles. The Morgan fingerprint density at radius 2 is 1.75 bits per heavy atom. The quantitative estimate of drug-likeness (QED) is 0.328. The molecule has 0 aliphatic heterocycles. The van der Waals surface area contributed by atoms with Gasteiger partial charge in [0, 0.05) is 31.0 Å². The molecule has 1 heterocycles. The van der Waals surface area contributed by atoms with Crippen LogP contribution in [0.4, 0.5) is 0 Å². The van der Waals surface area contributed by atoms with Crippen molar-refractivity contribution in [3.05, 3.63) is 89.7 Å². The highest BCUT2D eigenvalue weighted by Gasteiger charge is 2.24. The first-order chi connectivity index (χ1) is 17.4. The van der Waals surface area contributed by atoms with Crippen molar-refractivity contribution >= 4 is 11.8 Å². The lowest BCUT2D eigenvalue weighted by atomic mass is 10.1. The first-order valence-electron chi connectivity index (χ1n) is 12.8. The van der Waals surface area contributed by atoms with Crippen LogP contribution in [0.3, 0.4) is 0 Å². The molecule has 0 radical (unpaired) electrons. The number of carbonyl (C=O) groups excluding carboxylic acids is 2. The zero-order valence-electron chi connectivity index (χ0n) is 22.0. The molecule has 0 atom stereocenters. The van der Waals surface area contributed by atoms with Crippen molar-refractivity contribution in [3.8, 4) is 5.75 Å². The Kier molecular flexibility index (Phi) is 10.2. The summed E-state index contributed by atoms with van der Waals surface area (Å²) in [5.41, 5.74) is 3.54. The van der Waals surface area contributed by atoms with Crippen molar-refractivity contribution in [2.75, 3.05) is 19.7 Å². The number of benzene rings is 2. The summed E-state index contributed by atoms with van der Waals surface area (Å²) in [6, 6.07) is 21.7. The Hall–Kier alpha value is -3.54. The van der Waals surface area contributed by atoms with Crippen LogP contribution in [0.2, 0.25) is 0 Å². The Bertz CT molecular complexity index is 1110. The Labute approximate surface area is 215 Å². The molecule has 36 heavy (non-hydrogen) atoms. The second-order valence-electron chi connectivity index (χ2n) is 9.50. The maximum atomic E-state index is 13.5. The molecule has 0 unspecified atom stereocenters. The number of amides is 2. The number of nitrogens with zero attached hydrogens (tertiary/aromatic N) is 3. The van der Waals surface area contributed by atoms with Crippen LogP contribution < -0.4 is 4.74 Å². The highest BCUT2D eigenvalue weighted by Crippen LogP contribution is 2.14. The number of unbranched alkanes of at least 4 members (excludes halogenated alkanes) is 1. The fraction of sp³-hybridized carbons (Fsp3) is 0.400. The summed E-state index contributed by atoms with van der Waals surface area (Å²) in [6.07, 6.45) is 3.97. The van der Waals surface area contributed by atoms with Crippen LogP contribution in [0.15, 0.2) is 72.9 Å². The van der Waals surface area contributed by atoms with Gasteiger partial charge in [-0.3, -0.25) is 9.59 Å². The lowest BCUT2D eigenvalue weighted by molar-refractivity contribution is -0.143. The molecule has 0 saturated carbocycles. The van der Waals surface area contributed by atoms with Crippen LogP contribution in [0.5, 0.6) is 5.75 Å². The van der Waals surface area contributed by atoms with E-state index in [1.54, 1.807) is 4.90 Å². The van der Waals surface area contributed by atoms with Crippen LogP contribution in [0.25, 0.3) is 0 Å². The second-order valence-corrected chi connectivity index (χ2v) is 9.50. The largest absolute Gasteiger partial charge is 0.484 e. The Balaban J connectivity index is 1.68. The minimum Gasteiger partial charge on any atom is -0.484 e. The average Bonchev–Trinajstić information content (AvgIpc) is 3.30. The van der Waals surface area contributed by atoms with Gasteiger partial charge in [-0.05, 0) is 57.0 Å². The molecule has 2 amide bonds. The van der Waals surface area contributed by atoms with Crippen molar-refractivity contribution in [1.82, 2.24) is 14.4 Å². The number of ether oxygens (including phenoxy) is 1. The average molecular weight is 490 g/mol. The molecule has 0 N–H and O–H groups in total. The SMILES string of the molecule is CCCCN(Cc1cccn1Cc1cccc(C)c1)C(=O)CN(C(=O)COc1ccccc1)C(C)C. The van der Waals surface area contributed by atoms with Crippen LogP contribution in [0, 0.1) is 6.92 Å². The summed E-state index contributed by atoms with van der Waals surface area (Å²) in [6.45, 7) is 9.94. The van der Waals surface area contributed by atoms with Gasteiger partial charge in [-0.2, -0.15) is 0 Å². The molecule has 0 saturated heterocycles. The predicted molar refractivity (Wildman–Crippen MR) is 144 cm³/mol. The summed E-state index contributed by atoms with van der Waals surface area (Å²) in [7, 11) is 0. The van der Waals surface area contributed by atoms with Crippen molar-refractivity contribution in [3.63, 3.8) is 0 Å². The molecule has 0 fully saturated rings. The van der Waals surface area contributed by atoms with Crippen LogP contribution in [-0.4, -0.2) is 51.9 Å². The van der Waals surface area contributed by atoms with Crippen LogP contribution >= 0.6 is 0 Å². The number of aromatic nitrogens is 1. The highest BCUT2D eigenvalue weighted by atomic mass is 16.5. The van der Waals surface area contributed by atoms with Gasteiger partial charge in [0.25, 0.3) is 5.91 Å². The summed E-state index contributed by atoms with van der Waals surface area (Å²) in [5, 5.41) is 0. The van der Waals surface area contributed by atoms with E-state index in [9.17, 15) is 9.59 Å². The number of hydrogen-bond donors (Lipinski definition) is 0. The van der Waals surface area contributed by atoms with Crippen molar-refractivity contribution in [1.29, 1.82) is 0 Å². The minimum atomic E-state index is -0.194. The molecule has 0 aliphatic rings. The van der Waals surface area contributed by atoms with E-state index < -0.39 is 0 Å². The normalized spacial score (nSPS) is 10.9. The molecular formula is C30H39N3O3. The lowest BCUT2D eigenvalue weighted by Gasteiger charge is -2.30. The third kappa shape index (κ3) is 8.01. The summed E-state index contributed by atoms with van der Waals surface area (Å²) in [4.78, 5) is 29.9. The van der Waals surface area contributed by atoms with E-state index >= 15 is 0 Å². The van der Waals surface area contributed by atoms with E-state index in [0.717, 1.165) is 25.1 Å². The number of para-hydroxylation sites is 1. The minimum absolute atomic E-state index is 0.0386. The number of rotatable bonds is 13. The van der Waals surface area contributed by atoms with Crippen LogP contribution in [0.1, 0.15) is 50.4 Å². The van der Waals surface area contributed by atoms with Crippen molar-refractivity contribution < 1.29 is 14.3 Å². The molecule has 192 valence electrons. The van der Waals surface area contributed by atoms with Crippen LogP contribution in [-0.2, 0) is 22.7 Å². The molecular weight excluding hydrogens is 450 g/mol. The first-order valence-corrected chi connectivity index (χ1v) is 12.8. The van der Waals surface area contributed by atoms with Gasteiger partial charge in [0.05, 0.1) is 6.54 Å². The highest BCUT2D eigenvalue weighted by molar-refractivity contribution is 5.85. The maximum absolute atomic E-state index is 13.5. The summed E-state index contributed by atoms with van der Waals surface area (Å²) in [5.74, 6) is 0.397. The lowest BCUT2D eigenvalue weighted by Crippen LogP contribution is -2.47. The molecule has 0 aliphatic carbocycles. The van der Waals surface area contributed by atoms with Gasteiger partial charge >= 0.3 is 0 Å². The fourth-order valence-corrected chi connectivity index (χ4v) is 4.14. The summed E-state index contributed by atoms with van der Waals surface area (Å²) < 4.78 is 7.85. The third-order valence-corrected chi connectivity index (χ3v) is 6.20.